The van der Waals surface area contributed by atoms with Crippen LogP contribution in [0.25, 0.3) is 0 Å². The van der Waals surface area contributed by atoms with Crippen molar-refractivity contribution >= 4 is 20.3 Å². The summed E-state index contributed by atoms with van der Waals surface area (Å²) in [6.45, 7) is 12.4. The highest BCUT2D eigenvalue weighted by molar-refractivity contribution is 6.73. The van der Waals surface area contributed by atoms with Gasteiger partial charge in [0, 0.05) is 0 Å². The molecule has 0 saturated carbocycles. The topological polar surface area (TPSA) is 55.8 Å². The van der Waals surface area contributed by atoms with Gasteiger partial charge in [0.25, 0.3) is 5.91 Å². The third-order valence-corrected chi connectivity index (χ3v) is 9.17. The van der Waals surface area contributed by atoms with E-state index in [-0.39, 0.29) is 24.5 Å². The number of rotatable bonds is 7. The fraction of sp³-hybridized carbons (Fsp3) is 0.867. The van der Waals surface area contributed by atoms with Crippen molar-refractivity contribution in [3.05, 3.63) is 0 Å². The van der Waals surface area contributed by atoms with Crippen LogP contribution in [0.2, 0.25) is 18.1 Å². The number of likely N-dealkylation sites (tertiary alicyclic amines) is 1. The predicted octanol–water partition coefficient (Wildman–Crippen LogP) is 3.40. The highest BCUT2D eigenvalue weighted by Crippen LogP contribution is 2.34. The van der Waals surface area contributed by atoms with Crippen molar-refractivity contribution in [2.24, 2.45) is 5.92 Å². The highest BCUT2D eigenvalue weighted by Gasteiger charge is 2.55. The summed E-state index contributed by atoms with van der Waals surface area (Å²) in [7, 11) is -1.86. The number of ether oxygens (including phenoxy) is 1. The fourth-order valence-electron chi connectivity index (χ4n) is 2.93. The molecule has 1 fully saturated rings. The molecule has 6 heteroatoms. The molecule has 1 aliphatic rings. The largest absolute Gasteiger partial charge is 0.449 e. The van der Waals surface area contributed by atoms with Crippen LogP contribution in [0.4, 0.5) is 4.79 Å². The molecule has 0 N–H and O–H groups in total. The van der Waals surface area contributed by atoms with E-state index < -0.39 is 20.5 Å². The molecule has 0 spiro atoms. The molecule has 1 rings (SSSR count). The summed E-state index contributed by atoms with van der Waals surface area (Å²) in [6, 6.07) is 2.78. The Morgan fingerprint density at radius 2 is 1.71 bits per heavy atom. The van der Waals surface area contributed by atoms with E-state index in [0.29, 0.717) is 0 Å². The number of β-lactam (4-membered cyclic amide) rings is 1. The lowest BCUT2D eigenvalue weighted by atomic mass is 9.89. The number of amides is 2. The van der Waals surface area contributed by atoms with E-state index in [1.807, 2.05) is 13.8 Å². The lowest BCUT2D eigenvalue weighted by Crippen LogP contribution is -2.71. The third kappa shape index (κ3) is 3.48. The zero-order valence-corrected chi connectivity index (χ0v) is 15.1. The van der Waals surface area contributed by atoms with Gasteiger partial charge >= 0.3 is 6.09 Å². The van der Waals surface area contributed by atoms with Gasteiger partial charge in [-0.05, 0) is 31.0 Å². The first-order chi connectivity index (χ1) is 9.87. The number of hydrogen-bond donors (Lipinski definition) is 0. The molecule has 5 nitrogen and oxygen atoms in total. The zero-order chi connectivity index (χ0) is 16.2. The minimum Gasteiger partial charge on any atom is -0.449 e. The van der Waals surface area contributed by atoms with Crippen molar-refractivity contribution in [1.82, 2.24) is 4.90 Å². The van der Waals surface area contributed by atoms with Gasteiger partial charge < -0.3 is 9.16 Å². The maximum absolute atomic E-state index is 12.3. The Kier molecular flexibility index (Phi) is 6.40. The van der Waals surface area contributed by atoms with Gasteiger partial charge in [-0.2, -0.15) is 0 Å². The van der Waals surface area contributed by atoms with Crippen LogP contribution < -0.4 is 0 Å². The van der Waals surface area contributed by atoms with Gasteiger partial charge in [-0.1, -0.05) is 34.6 Å². The van der Waals surface area contributed by atoms with Gasteiger partial charge in [0.1, 0.15) is 6.10 Å². The number of imide groups is 1. The standard InChI is InChI=1S/C15H29NO4Si/c1-7-19-15(18)16-12(11(5)6)13(14(16)17)20-21(8-2,9-3)10-4/h11-13H,7-10H2,1-6H3/t12-,13+/m0/s1. The van der Waals surface area contributed by atoms with Crippen LogP contribution in [0.3, 0.4) is 0 Å². The first-order valence-electron chi connectivity index (χ1n) is 8.05. The maximum Gasteiger partial charge on any atom is 0.416 e. The molecule has 122 valence electrons. The molecular weight excluding hydrogens is 286 g/mol. The normalized spacial score (nSPS) is 22.4. The molecular formula is C15H29NO4Si. The Morgan fingerprint density at radius 1 is 1.19 bits per heavy atom. The molecule has 0 bridgehead atoms. The molecule has 1 saturated heterocycles. The van der Waals surface area contributed by atoms with Crippen LogP contribution in [0.15, 0.2) is 0 Å². The summed E-state index contributed by atoms with van der Waals surface area (Å²) < 4.78 is 11.3. The Bertz CT molecular complexity index is 374. The monoisotopic (exact) mass is 315 g/mol. The minimum atomic E-state index is -1.86. The molecule has 0 aromatic carbocycles. The van der Waals surface area contributed by atoms with E-state index in [2.05, 4.69) is 20.8 Å². The van der Waals surface area contributed by atoms with E-state index in [0.717, 1.165) is 18.1 Å². The molecule has 2 amide bonds. The summed E-state index contributed by atoms with van der Waals surface area (Å²) in [6.07, 6.45) is -1.02. The lowest BCUT2D eigenvalue weighted by molar-refractivity contribution is -0.163. The van der Waals surface area contributed by atoms with Crippen LogP contribution in [0.1, 0.15) is 41.5 Å². The van der Waals surface area contributed by atoms with Crippen molar-refractivity contribution in [2.75, 3.05) is 6.61 Å². The fourth-order valence-corrected chi connectivity index (χ4v) is 5.70. The van der Waals surface area contributed by atoms with Crippen molar-refractivity contribution in [2.45, 2.75) is 71.8 Å². The van der Waals surface area contributed by atoms with Crippen molar-refractivity contribution in [1.29, 1.82) is 0 Å². The Balaban J connectivity index is 2.89. The smallest absolute Gasteiger partial charge is 0.416 e. The first kappa shape index (κ1) is 18.2. The van der Waals surface area contributed by atoms with E-state index in [1.165, 1.54) is 4.90 Å². The van der Waals surface area contributed by atoms with Gasteiger partial charge in [-0.25, -0.2) is 9.69 Å². The number of carbonyl (C=O) groups is 2. The summed E-state index contributed by atoms with van der Waals surface area (Å²) in [5.41, 5.74) is 0. The first-order valence-corrected chi connectivity index (χ1v) is 10.6. The predicted molar refractivity (Wildman–Crippen MR) is 84.6 cm³/mol. The Hall–Kier alpha value is -0.883. The van der Waals surface area contributed by atoms with E-state index >= 15 is 0 Å². The van der Waals surface area contributed by atoms with E-state index in [1.54, 1.807) is 6.92 Å². The summed E-state index contributed by atoms with van der Waals surface area (Å²) in [4.78, 5) is 25.5. The average molecular weight is 315 g/mol. The van der Waals surface area contributed by atoms with Crippen molar-refractivity contribution < 1.29 is 18.8 Å². The average Bonchev–Trinajstić information content (AvgIpc) is 2.46. The second kappa shape index (κ2) is 7.40. The second-order valence-corrected chi connectivity index (χ2v) is 10.6. The molecule has 0 unspecified atom stereocenters. The van der Waals surface area contributed by atoms with Gasteiger partial charge in [-0.3, -0.25) is 4.79 Å². The maximum atomic E-state index is 12.3. The molecule has 0 aromatic rings. The third-order valence-electron chi connectivity index (χ3n) is 4.55. The van der Waals surface area contributed by atoms with Crippen LogP contribution >= 0.6 is 0 Å². The lowest BCUT2D eigenvalue weighted by Gasteiger charge is -2.49. The molecule has 1 aliphatic heterocycles. The van der Waals surface area contributed by atoms with E-state index in [9.17, 15) is 9.59 Å². The van der Waals surface area contributed by atoms with E-state index in [4.69, 9.17) is 9.16 Å². The van der Waals surface area contributed by atoms with Crippen LogP contribution in [0, 0.1) is 5.92 Å². The highest BCUT2D eigenvalue weighted by atomic mass is 28.4. The Labute approximate surface area is 129 Å². The molecule has 0 aliphatic carbocycles. The SMILES string of the molecule is CCOC(=O)N1C(=O)[C@H](O[Si](CC)(CC)CC)[C@@H]1C(C)C. The molecule has 21 heavy (non-hydrogen) atoms. The number of carbonyl (C=O) groups excluding carboxylic acids is 2. The zero-order valence-electron chi connectivity index (χ0n) is 14.1. The van der Waals surface area contributed by atoms with Crippen LogP contribution in [0.5, 0.6) is 0 Å². The van der Waals surface area contributed by atoms with Gasteiger partial charge in [0.15, 0.2) is 8.32 Å². The van der Waals surface area contributed by atoms with Crippen LogP contribution in [-0.2, 0) is 14.0 Å². The number of hydrogen-bond acceptors (Lipinski definition) is 4. The van der Waals surface area contributed by atoms with Crippen molar-refractivity contribution in [3.63, 3.8) is 0 Å². The summed E-state index contributed by atoms with van der Waals surface area (Å²) in [5.74, 6) is -0.0752. The molecule has 1 heterocycles. The second-order valence-electron chi connectivity index (χ2n) is 5.92. The quantitative estimate of drug-likeness (QED) is 0.534. The minimum absolute atomic E-state index is 0.161. The Morgan fingerprint density at radius 3 is 2.10 bits per heavy atom. The van der Waals surface area contributed by atoms with Crippen molar-refractivity contribution in [3.8, 4) is 0 Å². The molecule has 0 aromatic heterocycles. The van der Waals surface area contributed by atoms with Gasteiger partial charge in [-0.15, -0.1) is 0 Å². The number of nitrogens with zero attached hydrogens (tertiary/aromatic N) is 1. The molecule has 0 radical (unpaired) electrons. The summed E-state index contributed by atoms with van der Waals surface area (Å²) >= 11 is 0. The van der Waals surface area contributed by atoms with Crippen LogP contribution in [-0.4, -0.2) is 44.0 Å². The van der Waals surface area contributed by atoms with Gasteiger partial charge in [0.2, 0.25) is 0 Å². The van der Waals surface area contributed by atoms with Gasteiger partial charge in [0.05, 0.1) is 12.6 Å². The summed E-state index contributed by atoms with van der Waals surface area (Å²) in [5, 5.41) is 0. The molecule has 2 atom stereocenters.